The minimum atomic E-state index is -0.149. The van der Waals surface area contributed by atoms with Crippen LogP contribution in [0.3, 0.4) is 0 Å². The first kappa shape index (κ1) is 17.3. The van der Waals surface area contributed by atoms with Gasteiger partial charge in [-0.3, -0.25) is 0 Å². The second kappa shape index (κ2) is 7.02. The molecule has 2 N–H and O–H groups in total. The van der Waals surface area contributed by atoms with Crippen LogP contribution in [0.5, 0.6) is 11.5 Å². The Morgan fingerprint density at radius 3 is 1.52 bits per heavy atom. The molecule has 2 aromatic rings. The molecule has 2 aromatic carbocycles. The van der Waals surface area contributed by atoms with E-state index in [1.54, 1.807) is 24.3 Å². The van der Waals surface area contributed by atoms with Gasteiger partial charge in [-0.25, -0.2) is 0 Å². The van der Waals surface area contributed by atoms with Crippen molar-refractivity contribution in [2.45, 2.75) is 19.3 Å². The highest BCUT2D eigenvalue weighted by Gasteiger charge is 2.25. The molecule has 0 aliphatic rings. The van der Waals surface area contributed by atoms with Crippen molar-refractivity contribution in [2.24, 2.45) is 0 Å². The molecule has 0 aliphatic carbocycles. The van der Waals surface area contributed by atoms with Crippen LogP contribution in [0.1, 0.15) is 30.4 Å². The van der Waals surface area contributed by atoms with Crippen LogP contribution >= 0.6 is 63.7 Å². The van der Waals surface area contributed by atoms with Crippen molar-refractivity contribution in [2.75, 3.05) is 0 Å². The number of aromatic hydroxyl groups is 2. The van der Waals surface area contributed by atoms with Gasteiger partial charge in [0.15, 0.2) is 0 Å². The number of halogens is 4. The first-order chi connectivity index (χ1) is 9.88. The zero-order chi connectivity index (χ0) is 15.7. The third-order valence-electron chi connectivity index (χ3n) is 3.32. The van der Waals surface area contributed by atoms with Gasteiger partial charge in [0, 0.05) is 34.9 Å². The predicted octanol–water partition coefficient (Wildman–Crippen LogP) is 6.69. The normalized spacial score (nSPS) is 11.1. The lowest BCUT2D eigenvalue weighted by Crippen LogP contribution is -2.04. The van der Waals surface area contributed by atoms with Gasteiger partial charge in [-0.1, -0.05) is 6.92 Å². The van der Waals surface area contributed by atoms with Gasteiger partial charge in [0.05, 0.1) is 0 Å². The Morgan fingerprint density at radius 2 is 1.19 bits per heavy atom. The average Bonchev–Trinajstić information content (AvgIpc) is 2.45. The van der Waals surface area contributed by atoms with Gasteiger partial charge in [-0.05, 0) is 94.4 Å². The van der Waals surface area contributed by atoms with Crippen molar-refractivity contribution in [1.82, 2.24) is 0 Å². The van der Waals surface area contributed by atoms with Crippen LogP contribution in [-0.2, 0) is 0 Å². The summed E-state index contributed by atoms with van der Waals surface area (Å²) in [6.45, 7) is 2.02. The van der Waals surface area contributed by atoms with E-state index in [0.717, 1.165) is 35.4 Å². The van der Waals surface area contributed by atoms with E-state index in [1.807, 2.05) is 6.92 Å². The second-order valence-electron chi connectivity index (χ2n) is 4.55. The number of hydrogen-bond donors (Lipinski definition) is 2. The zero-order valence-corrected chi connectivity index (χ0v) is 17.3. The van der Waals surface area contributed by atoms with Crippen LogP contribution < -0.4 is 0 Å². The van der Waals surface area contributed by atoms with Crippen molar-refractivity contribution in [3.8, 4) is 11.5 Å². The maximum absolute atomic E-state index is 10.3. The molecular formula is C15H12Br4O2. The number of phenolic OH excluding ortho intramolecular Hbond substituents is 2. The molecule has 0 atom stereocenters. The third kappa shape index (κ3) is 3.33. The van der Waals surface area contributed by atoms with E-state index in [1.165, 1.54) is 0 Å². The molecule has 0 aromatic heterocycles. The summed E-state index contributed by atoms with van der Waals surface area (Å²) in [6, 6.07) is 6.86. The van der Waals surface area contributed by atoms with Crippen LogP contribution in [0.15, 0.2) is 42.2 Å². The minimum absolute atomic E-state index is 0.149. The largest absolute Gasteiger partial charge is 0.508 e. The Kier molecular flexibility index (Phi) is 5.79. The highest BCUT2D eigenvalue weighted by molar-refractivity contribution is 9.13. The molecule has 0 radical (unpaired) electrons. The van der Waals surface area contributed by atoms with Crippen molar-refractivity contribution in [3.05, 3.63) is 53.3 Å². The fourth-order valence-corrected chi connectivity index (χ4v) is 4.24. The summed E-state index contributed by atoms with van der Waals surface area (Å²) in [5.41, 5.74) is 1.50. The quantitative estimate of drug-likeness (QED) is 0.453. The van der Waals surface area contributed by atoms with Gasteiger partial charge in [0.2, 0.25) is 0 Å². The van der Waals surface area contributed by atoms with Crippen molar-refractivity contribution >= 4 is 63.7 Å². The predicted molar refractivity (Wildman–Crippen MR) is 99.1 cm³/mol. The summed E-state index contributed by atoms with van der Waals surface area (Å²) in [5, 5.41) is 20.5. The molecule has 0 unspecified atom stereocenters. The van der Waals surface area contributed by atoms with Crippen LogP contribution in [0.25, 0.3) is 0 Å². The van der Waals surface area contributed by atoms with E-state index in [9.17, 15) is 10.2 Å². The van der Waals surface area contributed by atoms with E-state index in [0.29, 0.717) is 0 Å². The minimum Gasteiger partial charge on any atom is -0.508 e. The molecule has 0 bridgehead atoms. The lowest BCUT2D eigenvalue weighted by atomic mass is 9.88. The monoisotopic (exact) mass is 540 g/mol. The van der Waals surface area contributed by atoms with Crippen LogP contribution in [0, 0.1) is 0 Å². The van der Waals surface area contributed by atoms with Crippen molar-refractivity contribution < 1.29 is 10.2 Å². The Labute approximate surface area is 157 Å². The van der Waals surface area contributed by atoms with E-state index < -0.39 is 0 Å². The molecule has 0 fully saturated rings. The molecule has 0 spiro atoms. The molecule has 112 valence electrons. The van der Waals surface area contributed by atoms with Gasteiger partial charge in [-0.15, -0.1) is 0 Å². The summed E-state index contributed by atoms with van der Waals surface area (Å²) >= 11 is 14.0. The van der Waals surface area contributed by atoms with Crippen molar-refractivity contribution in [3.63, 3.8) is 0 Å². The van der Waals surface area contributed by atoms with Gasteiger partial charge in [0.1, 0.15) is 11.5 Å². The van der Waals surface area contributed by atoms with E-state index in [4.69, 9.17) is 0 Å². The zero-order valence-electron chi connectivity index (χ0n) is 11.0. The molecule has 0 heterocycles. The average molecular weight is 544 g/mol. The number of phenols is 2. The number of hydrogen-bond acceptors (Lipinski definition) is 2. The van der Waals surface area contributed by atoms with E-state index in [2.05, 4.69) is 63.7 Å². The Bertz CT molecular complexity index is 628. The molecule has 0 aliphatic heterocycles. The lowest BCUT2D eigenvalue weighted by molar-refractivity contribution is 0.451. The molecule has 2 nitrogen and oxygen atoms in total. The maximum Gasteiger partial charge on any atom is 0.120 e. The highest BCUT2D eigenvalue weighted by atomic mass is 79.9. The van der Waals surface area contributed by atoms with Crippen LogP contribution in [0.2, 0.25) is 0 Å². The first-order valence-electron chi connectivity index (χ1n) is 6.22. The number of benzene rings is 2. The summed E-state index contributed by atoms with van der Waals surface area (Å²) in [5.74, 6) is 0.246. The van der Waals surface area contributed by atoms with E-state index >= 15 is 0 Å². The standard InChI is InChI=1S/C15H12Br4O2/c1-2-7(12-10(20)5-3-8(16)14(12)18)13-11(21)6-4-9(17)15(13)19/h3-7,20-21H,2H2,1H3. The molecule has 6 heteroatoms. The number of rotatable bonds is 3. The molecule has 2 rings (SSSR count). The fourth-order valence-electron chi connectivity index (χ4n) is 2.33. The van der Waals surface area contributed by atoms with Crippen LogP contribution in [-0.4, -0.2) is 10.2 Å². The first-order valence-corrected chi connectivity index (χ1v) is 9.39. The van der Waals surface area contributed by atoms with Gasteiger partial charge < -0.3 is 10.2 Å². The lowest BCUT2D eigenvalue weighted by Gasteiger charge is -2.22. The SMILES string of the molecule is CCC(c1c(O)ccc(Br)c1Br)c1c(O)ccc(Br)c1Br. The van der Waals surface area contributed by atoms with E-state index in [-0.39, 0.29) is 17.4 Å². The molecule has 0 saturated heterocycles. The Balaban J connectivity index is 2.72. The van der Waals surface area contributed by atoms with Gasteiger partial charge in [0.25, 0.3) is 0 Å². The topological polar surface area (TPSA) is 40.5 Å². The molecule has 0 saturated carbocycles. The molecular weight excluding hydrogens is 532 g/mol. The second-order valence-corrected chi connectivity index (χ2v) is 7.84. The van der Waals surface area contributed by atoms with Crippen molar-refractivity contribution in [1.29, 1.82) is 0 Å². The molecule has 21 heavy (non-hydrogen) atoms. The molecule has 0 amide bonds. The summed E-state index contributed by atoms with van der Waals surface area (Å²) in [4.78, 5) is 0. The van der Waals surface area contributed by atoms with Crippen LogP contribution in [0.4, 0.5) is 0 Å². The highest BCUT2D eigenvalue weighted by Crippen LogP contribution is 2.47. The third-order valence-corrected chi connectivity index (χ3v) is 7.42. The Hall–Kier alpha value is -0.0400. The summed E-state index contributed by atoms with van der Waals surface area (Å²) in [6.07, 6.45) is 0.727. The van der Waals surface area contributed by atoms with Gasteiger partial charge in [-0.2, -0.15) is 0 Å². The summed E-state index contributed by atoms with van der Waals surface area (Å²) < 4.78 is 3.31. The smallest absolute Gasteiger partial charge is 0.120 e. The fraction of sp³-hybridized carbons (Fsp3) is 0.200. The maximum atomic E-state index is 10.3. The van der Waals surface area contributed by atoms with Gasteiger partial charge >= 0.3 is 0 Å². The Morgan fingerprint density at radius 1 is 0.810 bits per heavy atom. The summed E-state index contributed by atoms with van der Waals surface area (Å²) in [7, 11) is 0.